The molecule has 1 amide bonds. The zero-order valence-electron chi connectivity index (χ0n) is 19.6. The number of nitrogens with zero attached hydrogens (tertiary/aromatic N) is 4. The van der Waals surface area contributed by atoms with Crippen molar-refractivity contribution in [3.63, 3.8) is 0 Å². The highest BCUT2D eigenvalue weighted by Crippen LogP contribution is 2.39. The van der Waals surface area contributed by atoms with E-state index in [0.717, 1.165) is 24.4 Å². The number of piperidine rings is 1. The molecule has 12 heteroatoms. The van der Waals surface area contributed by atoms with E-state index in [0.29, 0.717) is 30.0 Å². The number of aromatic nitrogens is 2. The first-order chi connectivity index (χ1) is 17.5. The van der Waals surface area contributed by atoms with Crippen LogP contribution in [-0.4, -0.2) is 47.0 Å². The first kappa shape index (κ1) is 26.2. The van der Waals surface area contributed by atoms with Gasteiger partial charge < -0.3 is 14.5 Å². The number of anilines is 2. The maximum atomic E-state index is 13.1. The van der Waals surface area contributed by atoms with Crippen molar-refractivity contribution >= 4 is 17.3 Å². The Bertz CT molecular complexity index is 1240. The number of carbonyl (C=O) groups is 1. The second kappa shape index (κ2) is 10.3. The minimum absolute atomic E-state index is 0.116. The number of rotatable bonds is 5. The summed E-state index contributed by atoms with van der Waals surface area (Å²) in [6.07, 6.45) is -4.33. The minimum atomic E-state index is -4.67. The molecule has 6 nitrogen and oxygen atoms in total. The van der Waals surface area contributed by atoms with E-state index >= 15 is 0 Å². The summed E-state index contributed by atoms with van der Waals surface area (Å²) >= 11 is 0. The van der Waals surface area contributed by atoms with Crippen molar-refractivity contribution in [3.05, 3.63) is 77.9 Å². The van der Waals surface area contributed by atoms with Gasteiger partial charge in [0, 0.05) is 48.8 Å². The molecule has 0 atom stereocenters. The summed E-state index contributed by atoms with van der Waals surface area (Å²) in [5.41, 5.74) is -1.03. The molecular formula is C25H22F6N4O2. The fourth-order valence-corrected chi connectivity index (χ4v) is 4.31. The monoisotopic (exact) mass is 524 g/mol. The predicted molar refractivity (Wildman–Crippen MR) is 123 cm³/mol. The molecule has 0 radical (unpaired) electrons. The Hall–Kier alpha value is -3.83. The molecule has 3 heterocycles. The molecule has 1 saturated heterocycles. The smallest absolute Gasteiger partial charge is 0.433 e. The first-order valence-corrected chi connectivity index (χ1v) is 11.3. The van der Waals surface area contributed by atoms with Crippen molar-refractivity contribution in [2.45, 2.75) is 31.2 Å². The van der Waals surface area contributed by atoms with Crippen molar-refractivity contribution in [2.24, 2.45) is 0 Å². The number of hydrogen-bond acceptors (Lipinski definition) is 5. The van der Waals surface area contributed by atoms with Crippen LogP contribution in [0.25, 0.3) is 0 Å². The van der Waals surface area contributed by atoms with Gasteiger partial charge in [0.2, 0.25) is 0 Å². The van der Waals surface area contributed by atoms with Gasteiger partial charge in [0.25, 0.3) is 5.91 Å². The van der Waals surface area contributed by atoms with Crippen LogP contribution in [0.2, 0.25) is 0 Å². The number of alkyl halides is 6. The Kier molecular flexibility index (Phi) is 7.28. The normalized spacial score (nSPS) is 14.9. The van der Waals surface area contributed by atoms with Crippen LogP contribution in [0.1, 0.15) is 34.5 Å². The maximum absolute atomic E-state index is 13.1. The first-order valence-electron chi connectivity index (χ1n) is 11.3. The van der Waals surface area contributed by atoms with Crippen molar-refractivity contribution in [3.8, 4) is 5.75 Å². The standard InChI is InChI=1S/C25H22F6N4O2/c1-37-21-7-10-32-15-20(21)35(18-4-2-17(3-5-18)24(26,27)28)19-8-12-34(13-9-19)23(36)16-6-11-33-22(14-16)25(29,30)31/h2-7,10-11,14-15,19H,8-9,12-13H2,1H3. The van der Waals surface area contributed by atoms with Gasteiger partial charge in [-0.15, -0.1) is 0 Å². The third-order valence-electron chi connectivity index (χ3n) is 6.13. The predicted octanol–water partition coefficient (Wildman–Crippen LogP) is 5.97. The number of halogens is 6. The fraction of sp³-hybridized carbons (Fsp3) is 0.320. The van der Waals surface area contributed by atoms with Gasteiger partial charge in [-0.2, -0.15) is 26.3 Å². The molecule has 37 heavy (non-hydrogen) atoms. The van der Waals surface area contributed by atoms with Gasteiger partial charge in [-0.25, -0.2) is 0 Å². The van der Waals surface area contributed by atoms with Crippen LogP contribution in [0.3, 0.4) is 0 Å². The van der Waals surface area contributed by atoms with Crippen LogP contribution < -0.4 is 9.64 Å². The van der Waals surface area contributed by atoms with E-state index in [1.807, 2.05) is 4.90 Å². The summed E-state index contributed by atoms with van der Waals surface area (Å²) in [4.78, 5) is 23.6. The summed E-state index contributed by atoms with van der Waals surface area (Å²) in [5, 5.41) is 0. The quantitative estimate of drug-likeness (QED) is 0.385. The summed E-state index contributed by atoms with van der Waals surface area (Å²) in [7, 11) is 1.47. The van der Waals surface area contributed by atoms with Crippen LogP contribution in [0.15, 0.2) is 61.1 Å². The van der Waals surface area contributed by atoms with Crippen LogP contribution in [0.4, 0.5) is 37.7 Å². The molecule has 0 spiro atoms. The molecule has 0 saturated carbocycles. The van der Waals surface area contributed by atoms with E-state index in [4.69, 9.17) is 4.74 Å². The lowest BCUT2D eigenvalue weighted by molar-refractivity contribution is -0.141. The molecule has 0 aliphatic carbocycles. The number of carbonyl (C=O) groups excluding carboxylic acids is 1. The highest BCUT2D eigenvalue weighted by Gasteiger charge is 2.35. The van der Waals surface area contributed by atoms with Gasteiger partial charge in [-0.05, 0) is 49.2 Å². The van der Waals surface area contributed by atoms with Crippen molar-refractivity contribution in [1.29, 1.82) is 0 Å². The number of pyridine rings is 2. The largest absolute Gasteiger partial charge is 0.494 e. The molecule has 0 unspecified atom stereocenters. The van der Waals surface area contributed by atoms with Crippen LogP contribution in [0.5, 0.6) is 5.75 Å². The van der Waals surface area contributed by atoms with Gasteiger partial charge >= 0.3 is 12.4 Å². The van der Waals surface area contributed by atoms with E-state index in [9.17, 15) is 31.1 Å². The molecule has 0 bridgehead atoms. The number of benzene rings is 1. The molecule has 1 aliphatic rings. The molecule has 2 aromatic heterocycles. The summed E-state index contributed by atoms with van der Waals surface area (Å²) < 4.78 is 83.9. The summed E-state index contributed by atoms with van der Waals surface area (Å²) in [6.45, 7) is 0.458. The van der Waals surface area contributed by atoms with Gasteiger partial charge in [-0.3, -0.25) is 14.8 Å². The number of ether oxygens (including phenoxy) is 1. The third kappa shape index (κ3) is 5.78. The Labute approximate surface area is 208 Å². The number of likely N-dealkylation sites (tertiary alicyclic amines) is 1. The van der Waals surface area contributed by atoms with Crippen LogP contribution in [-0.2, 0) is 12.4 Å². The van der Waals surface area contributed by atoms with Crippen molar-refractivity contribution < 1.29 is 35.9 Å². The van der Waals surface area contributed by atoms with Gasteiger partial charge in [-0.1, -0.05) is 0 Å². The lowest BCUT2D eigenvalue weighted by atomic mass is 10.00. The topological polar surface area (TPSA) is 58.6 Å². The number of methoxy groups -OCH3 is 1. The molecule has 1 aliphatic heterocycles. The van der Waals surface area contributed by atoms with E-state index in [1.54, 1.807) is 12.3 Å². The average molecular weight is 524 g/mol. The van der Waals surface area contributed by atoms with E-state index < -0.39 is 29.5 Å². The van der Waals surface area contributed by atoms with E-state index in [1.165, 1.54) is 36.4 Å². The molecular weight excluding hydrogens is 502 g/mol. The molecule has 4 rings (SSSR count). The summed E-state index contributed by atoms with van der Waals surface area (Å²) in [5.74, 6) is -0.0868. The molecule has 1 fully saturated rings. The fourth-order valence-electron chi connectivity index (χ4n) is 4.31. The van der Waals surface area contributed by atoms with Crippen molar-refractivity contribution in [2.75, 3.05) is 25.1 Å². The Morgan fingerprint density at radius 1 is 0.973 bits per heavy atom. The minimum Gasteiger partial charge on any atom is -0.494 e. The summed E-state index contributed by atoms with van der Waals surface area (Å²) in [6, 6.07) is 8.05. The number of amides is 1. The molecule has 196 valence electrons. The maximum Gasteiger partial charge on any atom is 0.433 e. The average Bonchev–Trinajstić information content (AvgIpc) is 2.88. The number of hydrogen-bond donors (Lipinski definition) is 0. The zero-order chi connectivity index (χ0) is 26.8. The highest BCUT2D eigenvalue weighted by molar-refractivity contribution is 5.94. The Balaban J connectivity index is 1.58. The van der Waals surface area contributed by atoms with Crippen LogP contribution >= 0.6 is 0 Å². The third-order valence-corrected chi connectivity index (χ3v) is 6.13. The molecule has 1 aromatic carbocycles. The zero-order valence-corrected chi connectivity index (χ0v) is 19.6. The van der Waals surface area contributed by atoms with Crippen LogP contribution in [0, 0.1) is 0 Å². The highest BCUT2D eigenvalue weighted by atomic mass is 19.4. The van der Waals surface area contributed by atoms with Gasteiger partial charge in [0.05, 0.1) is 18.9 Å². The molecule has 0 N–H and O–H groups in total. The lowest BCUT2D eigenvalue weighted by Gasteiger charge is -2.40. The van der Waals surface area contributed by atoms with Gasteiger partial charge in [0.15, 0.2) is 0 Å². The Morgan fingerprint density at radius 2 is 1.65 bits per heavy atom. The SMILES string of the molecule is COc1ccncc1N(c1ccc(C(F)(F)F)cc1)C1CCN(C(=O)c2ccnc(C(F)(F)F)c2)CC1. The lowest BCUT2D eigenvalue weighted by Crippen LogP contribution is -2.45. The second-order valence-electron chi connectivity index (χ2n) is 8.41. The second-order valence-corrected chi connectivity index (χ2v) is 8.41. The van der Waals surface area contributed by atoms with E-state index in [2.05, 4.69) is 9.97 Å². The Morgan fingerprint density at radius 3 is 2.24 bits per heavy atom. The van der Waals surface area contributed by atoms with Gasteiger partial charge in [0.1, 0.15) is 17.1 Å². The van der Waals surface area contributed by atoms with Crippen molar-refractivity contribution in [1.82, 2.24) is 14.9 Å². The molecule has 3 aromatic rings. The van der Waals surface area contributed by atoms with E-state index in [-0.39, 0.29) is 24.7 Å².